The molecule has 0 bridgehead atoms. The van der Waals surface area contributed by atoms with E-state index in [9.17, 15) is 9.90 Å². The molecule has 3 unspecified atom stereocenters. The second-order valence-electron chi connectivity index (χ2n) is 8.87. The number of piperidine rings is 1. The van der Waals surface area contributed by atoms with Crippen molar-refractivity contribution in [2.45, 2.75) is 43.7 Å². The quantitative estimate of drug-likeness (QED) is 0.649. The Morgan fingerprint density at radius 1 is 1.00 bits per heavy atom. The summed E-state index contributed by atoms with van der Waals surface area (Å²) in [6, 6.07) is 13.2. The number of likely N-dealkylation sites (tertiary alicyclic amines) is 1. The average molecular weight is 452 g/mol. The minimum Gasteiger partial charge on any atom is -0.496 e. The first kappa shape index (κ1) is 23.2. The minimum atomic E-state index is -0.742. The Bertz CT molecular complexity index is 1020. The lowest BCUT2D eigenvalue weighted by Gasteiger charge is -2.52. The van der Waals surface area contributed by atoms with E-state index < -0.39 is 5.60 Å². The summed E-state index contributed by atoms with van der Waals surface area (Å²) in [7, 11) is 4.84. The monoisotopic (exact) mass is 451 g/mol. The first-order valence-corrected chi connectivity index (χ1v) is 11.6. The van der Waals surface area contributed by atoms with Crippen molar-refractivity contribution in [3.05, 3.63) is 59.7 Å². The van der Waals surface area contributed by atoms with Gasteiger partial charge in [0.05, 0.1) is 33.0 Å². The zero-order valence-electron chi connectivity index (χ0n) is 19.6. The fourth-order valence-electron chi connectivity index (χ4n) is 5.44. The minimum absolute atomic E-state index is 0.0188. The number of nitrogens with zero attached hydrogens (tertiary/aromatic N) is 1. The number of fused-ring (bicyclic) bond motifs is 1. The molecule has 0 radical (unpaired) electrons. The topological polar surface area (TPSA) is 68.2 Å². The van der Waals surface area contributed by atoms with Crippen molar-refractivity contribution in [1.29, 1.82) is 0 Å². The smallest absolute Gasteiger partial charge is 0.247 e. The molecule has 1 saturated heterocycles. The Labute approximate surface area is 195 Å². The highest BCUT2D eigenvalue weighted by atomic mass is 16.5. The van der Waals surface area contributed by atoms with Gasteiger partial charge in [-0.15, -0.1) is 0 Å². The van der Waals surface area contributed by atoms with Gasteiger partial charge >= 0.3 is 0 Å². The molecule has 33 heavy (non-hydrogen) atoms. The molecule has 1 heterocycles. The van der Waals surface area contributed by atoms with E-state index in [1.165, 1.54) is 0 Å². The molecule has 0 spiro atoms. The van der Waals surface area contributed by atoms with Crippen LogP contribution < -0.4 is 14.2 Å². The van der Waals surface area contributed by atoms with Gasteiger partial charge in [-0.3, -0.25) is 4.79 Å². The molecule has 2 aromatic carbocycles. The second-order valence-corrected chi connectivity index (χ2v) is 8.87. The number of hydrogen-bond acceptors (Lipinski definition) is 5. The number of ether oxygens (including phenoxy) is 3. The maximum atomic E-state index is 13.5. The Morgan fingerprint density at radius 2 is 1.76 bits per heavy atom. The summed E-state index contributed by atoms with van der Waals surface area (Å²) in [5, 5.41) is 11.5. The van der Waals surface area contributed by atoms with E-state index in [2.05, 4.69) is 0 Å². The van der Waals surface area contributed by atoms with Gasteiger partial charge in [-0.1, -0.05) is 37.1 Å². The third-order valence-electron chi connectivity index (χ3n) is 7.13. The van der Waals surface area contributed by atoms with Crippen LogP contribution in [0.2, 0.25) is 0 Å². The molecular formula is C27H33NO5. The van der Waals surface area contributed by atoms with Gasteiger partial charge in [0.2, 0.25) is 5.91 Å². The van der Waals surface area contributed by atoms with E-state index >= 15 is 0 Å². The number of rotatable bonds is 6. The summed E-state index contributed by atoms with van der Waals surface area (Å²) < 4.78 is 16.3. The molecule has 2 fully saturated rings. The third kappa shape index (κ3) is 4.58. The molecule has 1 saturated carbocycles. The van der Waals surface area contributed by atoms with Crippen LogP contribution in [0.5, 0.6) is 17.2 Å². The van der Waals surface area contributed by atoms with Crippen LogP contribution in [0.3, 0.4) is 0 Å². The van der Waals surface area contributed by atoms with Crippen LogP contribution in [-0.2, 0) is 4.79 Å². The summed E-state index contributed by atoms with van der Waals surface area (Å²) in [4.78, 5) is 15.4. The van der Waals surface area contributed by atoms with Gasteiger partial charge in [-0.25, -0.2) is 0 Å². The first-order valence-electron chi connectivity index (χ1n) is 11.6. The summed E-state index contributed by atoms with van der Waals surface area (Å²) >= 11 is 0. The molecule has 2 aromatic rings. The maximum absolute atomic E-state index is 13.5. The van der Waals surface area contributed by atoms with Crippen LogP contribution in [0.1, 0.15) is 49.3 Å². The lowest BCUT2D eigenvalue weighted by molar-refractivity contribution is -0.151. The van der Waals surface area contributed by atoms with Crippen molar-refractivity contribution in [2.24, 2.45) is 5.92 Å². The van der Waals surface area contributed by atoms with Crippen LogP contribution in [-0.4, -0.2) is 49.4 Å². The zero-order valence-corrected chi connectivity index (χ0v) is 19.6. The van der Waals surface area contributed by atoms with Gasteiger partial charge in [-0.2, -0.15) is 0 Å². The van der Waals surface area contributed by atoms with Crippen molar-refractivity contribution in [1.82, 2.24) is 4.90 Å². The lowest BCUT2D eigenvalue weighted by atomic mass is 9.66. The van der Waals surface area contributed by atoms with E-state index in [0.29, 0.717) is 24.5 Å². The van der Waals surface area contributed by atoms with Crippen LogP contribution >= 0.6 is 0 Å². The van der Waals surface area contributed by atoms with Crippen molar-refractivity contribution in [3.63, 3.8) is 0 Å². The van der Waals surface area contributed by atoms with Crippen LogP contribution in [0.15, 0.2) is 48.5 Å². The highest BCUT2D eigenvalue weighted by Crippen LogP contribution is 2.50. The van der Waals surface area contributed by atoms with Gasteiger partial charge in [-0.05, 0) is 49.1 Å². The summed E-state index contributed by atoms with van der Waals surface area (Å²) in [5.74, 6) is 1.91. The molecule has 4 rings (SSSR count). The van der Waals surface area contributed by atoms with Gasteiger partial charge in [0.15, 0.2) is 11.5 Å². The third-order valence-corrected chi connectivity index (χ3v) is 7.13. The number of amides is 1. The van der Waals surface area contributed by atoms with E-state index in [4.69, 9.17) is 14.2 Å². The Morgan fingerprint density at radius 3 is 2.52 bits per heavy atom. The molecule has 1 aliphatic carbocycles. The summed E-state index contributed by atoms with van der Waals surface area (Å²) in [6.45, 7) is 0.505. The largest absolute Gasteiger partial charge is 0.496 e. The zero-order chi connectivity index (χ0) is 23.4. The number of hydrogen-bond donors (Lipinski definition) is 1. The fourth-order valence-corrected chi connectivity index (χ4v) is 5.44. The maximum Gasteiger partial charge on any atom is 0.247 e. The Kier molecular flexibility index (Phi) is 6.94. The summed E-state index contributed by atoms with van der Waals surface area (Å²) in [5.41, 5.74) is 1.06. The molecular weight excluding hydrogens is 418 g/mol. The van der Waals surface area contributed by atoms with Crippen LogP contribution in [0.4, 0.5) is 0 Å². The fraction of sp³-hybridized carbons (Fsp3) is 0.444. The van der Waals surface area contributed by atoms with E-state index in [1.807, 2.05) is 47.4 Å². The van der Waals surface area contributed by atoms with Gasteiger partial charge in [0.1, 0.15) is 5.75 Å². The standard InChI is InChI=1S/C27H33NO5/c1-31-22-10-5-4-8-20(22)26-21-9-6-7-15-27(21,30)16-17-28(26)25(29)14-12-19-11-13-23(32-2)24(18-19)33-3/h4-5,8,10-14,18,21,26,30H,6-7,9,15-17H2,1-3H3. The molecule has 6 nitrogen and oxygen atoms in total. The molecule has 1 amide bonds. The van der Waals surface area contributed by atoms with Gasteiger partial charge in [0.25, 0.3) is 0 Å². The molecule has 6 heteroatoms. The van der Waals surface area contributed by atoms with Crippen LogP contribution in [0, 0.1) is 5.92 Å². The average Bonchev–Trinajstić information content (AvgIpc) is 2.86. The van der Waals surface area contributed by atoms with Crippen molar-refractivity contribution < 1.29 is 24.1 Å². The predicted molar refractivity (Wildman–Crippen MR) is 128 cm³/mol. The van der Waals surface area contributed by atoms with Crippen molar-refractivity contribution in [2.75, 3.05) is 27.9 Å². The van der Waals surface area contributed by atoms with E-state index in [1.54, 1.807) is 33.5 Å². The highest BCUT2D eigenvalue weighted by molar-refractivity contribution is 5.92. The number of benzene rings is 2. The Balaban J connectivity index is 1.66. The van der Waals surface area contributed by atoms with Gasteiger partial charge < -0.3 is 24.2 Å². The Hall–Kier alpha value is -2.99. The number of carbonyl (C=O) groups excluding carboxylic acids is 1. The van der Waals surface area contributed by atoms with Gasteiger partial charge in [0, 0.05) is 24.1 Å². The number of para-hydroxylation sites is 1. The van der Waals surface area contributed by atoms with Crippen molar-refractivity contribution >= 4 is 12.0 Å². The number of carbonyl (C=O) groups is 1. The highest BCUT2D eigenvalue weighted by Gasteiger charge is 2.50. The van der Waals surface area contributed by atoms with E-state index in [0.717, 1.165) is 42.6 Å². The van der Waals surface area contributed by atoms with E-state index in [-0.39, 0.29) is 17.9 Å². The van der Waals surface area contributed by atoms with Crippen LogP contribution in [0.25, 0.3) is 6.08 Å². The first-order chi connectivity index (χ1) is 16.0. The summed E-state index contributed by atoms with van der Waals surface area (Å²) in [6.07, 6.45) is 7.76. The molecule has 176 valence electrons. The normalized spacial score (nSPS) is 24.9. The predicted octanol–water partition coefficient (Wildman–Crippen LogP) is 4.62. The number of aliphatic hydroxyl groups is 1. The molecule has 0 aromatic heterocycles. The SMILES string of the molecule is COc1ccc(C=CC(=O)N2CCC3(O)CCCCC3C2c2ccccc2OC)cc1OC. The molecule has 1 aliphatic heterocycles. The molecule has 2 aliphatic rings. The molecule has 1 N–H and O–H groups in total. The second kappa shape index (κ2) is 9.87. The molecule has 3 atom stereocenters. The lowest BCUT2D eigenvalue weighted by Crippen LogP contribution is -2.56. The van der Waals surface area contributed by atoms with Crippen molar-refractivity contribution in [3.8, 4) is 17.2 Å². The number of methoxy groups -OCH3 is 3.